The molecule has 2 rings (SSSR count). The highest BCUT2D eigenvalue weighted by molar-refractivity contribution is 5.96. The van der Waals surface area contributed by atoms with Gasteiger partial charge in [-0.25, -0.2) is 9.78 Å². The van der Waals surface area contributed by atoms with E-state index in [0.717, 1.165) is 17.8 Å². The fraction of sp³-hybridized carbons (Fsp3) is 0.357. The van der Waals surface area contributed by atoms with Crippen molar-refractivity contribution in [1.82, 2.24) is 14.8 Å². The number of nitrogens with two attached hydrogens (primary N) is 1. The molecule has 7 heteroatoms. The van der Waals surface area contributed by atoms with Crippen molar-refractivity contribution in [2.24, 2.45) is 7.05 Å². The van der Waals surface area contributed by atoms with Crippen LogP contribution in [0.3, 0.4) is 0 Å². The normalized spacial score (nSPS) is 10.4. The summed E-state index contributed by atoms with van der Waals surface area (Å²) in [6, 6.07) is 1.55. The van der Waals surface area contributed by atoms with Crippen LogP contribution in [0.1, 0.15) is 29.9 Å². The Kier molecular flexibility index (Phi) is 4.42. The summed E-state index contributed by atoms with van der Waals surface area (Å²) >= 11 is 0. The van der Waals surface area contributed by atoms with Crippen molar-refractivity contribution in [1.29, 1.82) is 0 Å². The summed E-state index contributed by atoms with van der Waals surface area (Å²) in [5.41, 5.74) is 8.12. The third-order valence-electron chi connectivity index (χ3n) is 2.90. The smallest absolute Gasteiger partial charge is 0.341 e. The summed E-state index contributed by atoms with van der Waals surface area (Å²) in [7, 11) is 1.84. The lowest BCUT2D eigenvalue weighted by atomic mass is 10.2. The SMILES string of the molecule is CCOC(=O)c1cc(N)cnc1Nc1cn(C)nc1CC. The maximum Gasteiger partial charge on any atom is 0.341 e. The Morgan fingerprint density at radius 1 is 1.48 bits per heavy atom. The lowest BCUT2D eigenvalue weighted by Gasteiger charge is -2.10. The van der Waals surface area contributed by atoms with Crippen molar-refractivity contribution < 1.29 is 9.53 Å². The van der Waals surface area contributed by atoms with E-state index >= 15 is 0 Å². The van der Waals surface area contributed by atoms with Crippen LogP contribution >= 0.6 is 0 Å². The highest BCUT2D eigenvalue weighted by Gasteiger charge is 2.16. The largest absolute Gasteiger partial charge is 0.462 e. The van der Waals surface area contributed by atoms with Crippen LogP contribution in [-0.4, -0.2) is 27.3 Å². The molecule has 0 aliphatic carbocycles. The first-order valence-electron chi connectivity index (χ1n) is 6.77. The molecule has 0 fully saturated rings. The van der Waals surface area contributed by atoms with Crippen LogP contribution in [0.15, 0.2) is 18.5 Å². The number of aryl methyl sites for hydroxylation is 2. The van der Waals surface area contributed by atoms with E-state index in [4.69, 9.17) is 10.5 Å². The van der Waals surface area contributed by atoms with E-state index in [1.54, 1.807) is 17.7 Å². The van der Waals surface area contributed by atoms with Crippen LogP contribution in [0.5, 0.6) is 0 Å². The minimum Gasteiger partial charge on any atom is -0.462 e. The lowest BCUT2D eigenvalue weighted by Crippen LogP contribution is -2.10. The van der Waals surface area contributed by atoms with Gasteiger partial charge in [-0.3, -0.25) is 4.68 Å². The molecule has 0 bridgehead atoms. The molecule has 2 aromatic heterocycles. The molecule has 0 aliphatic heterocycles. The number of carbonyl (C=O) groups is 1. The molecule has 0 saturated heterocycles. The van der Waals surface area contributed by atoms with Gasteiger partial charge in [0.15, 0.2) is 0 Å². The summed E-state index contributed by atoms with van der Waals surface area (Å²) in [5.74, 6) is -0.0490. The zero-order valence-electron chi connectivity index (χ0n) is 12.4. The number of nitrogens with one attached hydrogen (secondary N) is 1. The standard InChI is InChI=1S/C14H19N5O2/c1-4-11-12(8-19(3)18-11)17-13-10(14(20)21-5-2)6-9(15)7-16-13/h6-8H,4-5,15H2,1-3H3,(H,16,17). The Morgan fingerprint density at radius 2 is 2.24 bits per heavy atom. The molecule has 7 nitrogen and oxygen atoms in total. The van der Waals surface area contributed by atoms with Crippen LogP contribution < -0.4 is 11.1 Å². The van der Waals surface area contributed by atoms with Crippen LogP contribution in [-0.2, 0) is 18.2 Å². The lowest BCUT2D eigenvalue weighted by molar-refractivity contribution is 0.0527. The fourth-order valence-corrected chi connectivity index (χ4v) is 1.97. The van der Waals surface area contributed by atoms with Gasteiger partial charge in [0.1, 0.15) is 11.4 Å². The van der Waals surface area contributed by atoms with Gasteiger partial charge in [-0.2, -0.15) is 5.10 Å². The Bertz CT molecular complexity index is 651. The first-order chi connectivity index (χ1) is 10.0. The Balaban J connectivity index is 2.37. The summed E-state index contributed by atoms with van der Waals surface area (Å²) in [6.07, 6.45) is 4.10. The van der Waals surface area contributed by atoms with Crippen LogP contribution in [0.4, 0.5) is 17.2 Å². The van der Waals surface area contributed by atoms with Crippen molar-refractivity contribution in [2.45, 2.75) is 20.3 Å². The van der Waals surface area contributed by atoms with E-state index in [9.17, 15) is 4.79 Å². The van der Waals surface area contributed by atoms with Gasteiger partial charge in [0.2, 0.25) is 0 Å². The number of nitrogens with zero attached hydrogens (tertiary/aromatic N) is 3. The van der Waals surface area contributed by atoms with Gasteiger partial charge in [-0.15, -0.1) is 0 Å². The van der Waals surface area contributed by atoms with Gasteiger partial charge in [0.25, 0.3) is 0 Å². The molecule has 3 N–H and O–H groups in total. The molecule has 0 amide bonds. The van der Waals surface area contributed by atoms with Gasteiger partial charge in [0, 0.05) is 13.2 Å². The molecule has 0 spiro atoms. The summed E-state index contributed by atoms with van der Waals surface area (Å²) in [5, 5.41) is 7.47. The van der Waals surface area contributed by atoms with Crippen molar-refractivity contribution in [3.05, 3.63) is 29.7 Å². The predicted octanol–water partition coefficient (Wildman–Crippen LogP) is 1.88. The third kappa shape index (κ3) is 3.31. The summed E-state index contributed by atoms with van der Waals surface area (Å²) in [6.45, 7) is 4.05. The maximum absolute atomic E-state index is 12.0. The van der Waals surface area contributed by atoms with Gasteiger partial charge < -0.3 is 15.8 Å². The van der Waals surface area contributed by atoms with E-state index in [1.165, 1.54) is 6.20 Å². The van der Waals surface area contributed by atoms with E-state index < -0.39 is 5.97 Å². The molecule has 0 saturated carbocycles. The minimum atomic E-state index is -0.457. The number of pyridine rings is 1. The molecular formula is C14H19N5O2. The van der Waals surface area contributed by atoms with Gasteiger partial charge in [-0.1, -0.05) is 6.92 Å². The van der Waals surface area contributed by atoms with Crippen molar-refractivity contribution >= 4 is 23.2 Å². The molecule has 21 heavy (non-hydrogen) atoms. The number of hydrogen-bond donors (Lipinski definition) is 2. The number of aromatic nitrogens is 3. The zero-order chi connectivity index (χ0) is 15.4. The van der Waals surface area contributed by atoms with Gasteiger partial charge >= 0.3 is 5.97 Å². The summed E-state index contributed by atoms with van der Waals surface area (Å²) < 4.78 is 6.74. The van der Waals surface area contributed by atoms with Crippen LogP contribution in [0, 0.1) is 0 Å². The Morgan fingerprint density at radius 3 is 2.90 bits per heavy atom. The molecular weight excluding hydrogens is 270 g/mol. The number of rotatable bonds is 5. The fourth-order valence-electron chi connectivity index (χ4n) is 1.97. The number of anilines is 3. The number of nitrogen functional groups attached to an aromatic ring is 1. The Labute approximate surface area is 123 Å². The number of hydrogen-bond acceptors (Lipinski definition) is 6. The van der Waals surface area contributed by atoms with Crippen molar-refractivity contribution in [3.8, 4) is 0 Å². The van der Waals surface area contributed by atoms with Gasteiger partial charge in [0.05, 0.1) is 29.9 Å². The van der Waals surface area contributed by atoms with Crippen molar-refractivity contribution in [3.63, 3.8) is 0 Å². The molecule has 2 aromatic rings. The molecule has 0 unspecified atom stereocenters. The zero-order valence-corrected chi connectivity index (χ0v) is 12.4. The van der Waals surface area contributed by atoms with Crippen molar-refractivity contribution in [2.75, 3.05) is 17.7 Å². The first kappa shape index (κ1) is 14.8. The molecule has 0 atom stereocenters. The second kappa shape index (κ2) is 6.25. The highest BCUT2D eigenvalue weighted by Crippen LogP contribution is 2.23. The van der Waals surface area contributed by atoms with E-state index in [2.05, 4.69) is 15.4 Å². The third-order valence-corrected chi connectivity index (χ3v) is 2.90. The van der Waals surface area contributed by atoms with Crippen LogP contribution in [0.2, 0.25) is 0 Å². The van der Waals surface area contributed by atoms with E-state index in [-0.39, 0.29) is 0 Å². The number of carbonyl (C=O) groups excluding carboxylic acids is 1. The average Bonchev–Trinajstić information content (AvgIpc) is 2.81. The minimum absolute atomic E-state index is 0.292. The second-order valence-electron chi connectivity index (χ2n) is 4.53. The number of esters is 1. The predicted molar refractivity (Wildman–Crippen MR) is 80.5 cm³/mol. The summed E-state index contributed by atoms with van der Waals surface area (Å²) in [4.78, 5) is 16.2. The van der Waals surface area contributed by atoms with E-state index in [0.29, 0.717) is 23.7 Å². The average molecular weight is 289 g/mol. The second-order valence-corrected chi connectivity index (χ2v) is 4.53. The molecule has 0 aromatic carbocycles. The quantitative estimate of drug-likeness (QED) is 0.816. The topological polar surface area (TPSA) is 95.1 Å². The molecule has 0 radical (unpaired) electrons. The Hall–Kier alpha value is -2.57. The molecule has 112 valence electrons. The maximum atomic E-state index is 12.0. The van der Waals surface area contributed by atoms with Crippen LogP contribution in [0.25, 0.3) is 0 Å². The van der Waals surface area contributed by atoms with Gasteiger partial charge in [-0.05, 0) is 19.4 Å². The molecule has 0 aliphatic rings. The van der Waals surface area contributed by atoms with E-state index in [1.807, 2.05) is 20.2 Å². The molecule has 2 heterocycles. The monoisotopic (exact) mass is 289 g/mol. The number of ether oxygens (including phenoxy) is 1. The first-order valence-corrected chi connectivity index (χ1v) is 6.77. The highest BCUT2D eigenvalue weighted by atomic mass is 16.5.